The van der Waals surface area contributed by atoms with Crippen LogP contribution in [0.5, 0.6) is 0 Å². The van der Waals surface area contributed by atoms with Gasteiger partial charge in [0.15, 0.2) is 8.07 Å². The third-order valence-electron chi connectivity index (χ3n) is 15.4. The molecule has 2 spiro atoms. The molecule has 3 heteroatoms. The van der Waals surface area contributed by atoms with Gasteiger partial charge in [0.1, 0.15) is 11.2 Å². The summed E-state index contributed by atoms with van der Waals surface area (Å²) in [7, 11) is -2.70. The van der Waals surface area contributed by atoms with Crippen molar-refractivity contribution in [2.75, 3.05) is 4.90 Å². The number of para-hydroxylation sites is 2. The third kappa shape index (κ3) is 4.20. The van der Waals surface area contributed by atoms with Crippen LogP contribution in [-0.2, 0) is 10.8 Å². The van der Waals surface area contributed by atoms with Crippen LogP contribution in [0.1, 0.15) is 58.4 Å². The van der Waals surface area contributed by atoms with Crippen molar-refractivity contribution in [3.05, 3.63) is 233 Å². The summed E-state index contributed by atoms with van der Waals surface area (Å²) in [5.74, 6) is 0. The largest absolute Gasteiger partial charge is 0.456 e. The van der Waals surface area contributed by atoms with Gasteiger partial charge in [-0.15, -0.1) is 0 Å². The van der Waals surface area contributed by atoms with E-state index in [2.05, 4.69) is 221 Å². The summed E-state index contributed by atoms with van der Waals surface area (Å²) in [5, 5.41) is 8.20. The maximum absolute atomic E-state index is 6.86. The number of hydrogen-bond acceptors (Lipinski definition) is 2. The van der Waals surface area contributed by atoms with Crippen molar-refractivity contribution in [3.63, 3.8) is 0 Å². The highest BCUT2D eigenvalue weighted by Crippen LogP contribution is 2.64. The van der Waals surface area contributed by atoms with Crippen LogP contribution in [0.2, 0.25) is 0 Å². The topological polar surface area (TPSA) is 16.4 Å². The molecule has 0 bridgehead atoms. The van der Waals surface area contributed by atoms with Gasteiger partial charge in [-0.05, 0) is 127 Å². The zero-order valence-corrected chi connectivity index (χ0v) is 36.8. The first-order valence-electron chi connectivity index (χ1n) is 22.3. The number of anilines is 3. The lowest BCUT2D eigenvalue weighted by Gasteiger charge is -2.52. The number of hydrogen-bond donors (Lipinski definition) is 0. The van der Waals surface area contributed by atoms with E-state index in [1.807, 2.05) is 0 Å². The van der Waals surface area contributed by atoms with Crippen LogP contribution in [0.25, 0.3) is 44.2 Å². The maximum atomic E-state index is 6.86. The number of furan rings is 1. The standard InChI is InChI=1S/C60H43NOSi/c1-36-25-29-45-48(31-36)60(49-32-37(2)26-30-46(49)59(45,3)4)47-19-9-10-20-51(47)61(52-34-44-39-15-5-11-21-53(39)62-54(44)35-50(52)60)38-27-28-43-42-18-8-14-24-57(42)63(58(43)33-38)55-22-12-6-16-40(55)41-17-7-13-23-56(41)63/h5-35H,1-4H3. The molecule has 0 unspecified atom stereocenters. The molecule has 1 aromatic heterocycles. The van der Waals surface area contributed by atoms with Crippen molar-refractivity contribution in [1.29, 1.82) is 0 Å². The van der Waals surface area contributed by atoms with Crippen molar-refractivity contribution in [2.45, 2.75) is 38.5 Å². The lowest BCUT2D eigenvalue weighted by Crippen LogP contribution is -2.70. The molecule has 0 atom stereocenters. The van der Waals surface area contributed by atoms with Gasteiger partial charge in [0.25, 0.3) is 0 Å². The highest BCUT2D eigenvalue weighted by atomic mass is 28.3. The number of rotatable bonds is 1. The van der Waals surface area contributed by atoms with E-state index >= 15 is 0 Å². The molecule has 9 aromatic carbocycles. The van der Waals surface area contributed by atoms with Gasteiger partial charge in [0, 0.05) is 21.9 Å². The zero-order valence-electron chi connectivity index (χ0n) is 35.8. The summed E-state index contributed by atoms with van der Waals surface area (Å²) in [5.41, 5.74) is 20.5. The lowest BCUT2D eigenvalue weighted by atomic mass is 9.52. The van der Waals surface area contributed by atoms with E-state index in [0.29, 0.717) is 0 Å². The molecule has 63 heavy (non-hydrogen) atoms. The Morgan fingerprint density at radius 2 is 0.952 bits per heavy atom. The molecular formula is C60H43NOSi. The Labute approximate surface area is 368 Å². The third-order valence-corrected chi connectivity index (χ3v) is 20.4. The second-order valence-electron chi connectivity index (χ2n) is 18.9. The summed E-state index contributed by atoms with van der Waals surface area (Å²) in [6, 6.07) is 72.2. The van der Waals surface area contributed by atoms with Gasteiger partial charge in [-0.1, -0.05) is 177 Å². The Balaban J connectivity index is 1.13. The van der Waals surface area contributed by atoms with E-state index in [0.717, 1.165) is 21.9 Å². The van der Waals surface area contributed by atoms with E-state index < -0.39 is 13.5 Å². The van der Waals surface area contributed by atoms with Crippen LogP contribution >= 0.6 is 0 Å². The molecule has 0 fully saturated rings. The summed E-state index contributed by atoms with van der Waals surface area (Å²) in [6.45, 7) is 9.32. The van der Waals surface area contributed by atoms with Gasteiger partial charge in [-0.3, -0.25) is 0 Å². The first kappa shape index (κ1) is 35.4. The predicted octanol–water partition coefficient (Wildman–Crippen LogP) is 12.3. The van der Waals surface area contributed by atoms with Crippen LogP contribution in [0, 0.1) is 13.8 Å². The smallest absolute Gasteiger partial charge is 0.182 e. The Kier molecular flexibility index (Phi) is 6.76. The monoisotopic (exact) mass is 821 g/mol. The molecule has 0 saturated heterocycles. The van der Waals surface area contributed by atoms with Gasteiger partial charge >= 0.3 is 0 Å². The van der Waals surface area contributed by atoms with Crippen molar-refractivity contribution in [1.82, 2.24) is 0 Å². The maximum Gasteiger partial charge on any atom is 0.182 e. The highest BCUT2D eigenvalue weighted by Gasteiger charge is 2.56. The SMILES string of the molecule is Cc1ccc2c(c1)C1(c3ccccc3N(c3ccc4c(c3)[Si]3(c5ccccc5-c5ccccc53)c3ccccc3-4)c3cc4c(cc31)oc1ccccc14)c1cc(C)ccc1C2(C)C. The minimum absolute atomic E-state index is 0.213. The molecule has 4 aliphatic rings. The average Bonchev–Trinajstić information content (AvgIpc) is 3.93. The molecule has 298 valence electrons. The van der Waals surface area contributed by atoms with Crippen LogP contribution in [-0.4, -0.2) is 8.07 Å². The van der Waals surface area contributed by atoms with Crippen LogP contribution < -0.4 is 25.6 Å². The fourth-order valence-corrected chi connectivity index (χ4v) is 18.5. The summed E-state index contributed by atoms with van der Waals surface area (Å²) in [4.78, 5) is 2.60. The fourth-order valence-electron chi connectivity index (χ4n) is 12.9. The molecule has 0 saturated carbocycles. The number of benzene rings is 9. The number of aryl methyl sites for hydroxylation is 2. The van der Waals surface area contributed by atoms with Crippen molar-refractivity contribution in [3.8, 4) is 22.3 Å². The van der Waals surface area contributed by atoms with Crippen molar-refractivity contribution < 1.29 is 4.42 Å². The minimum Gasteiger partial charge on any atom is -0.456 e. The molecule has 4 heterocycles. The highest BCUT2D eigenvalue weighted by molar-refractivity contribution is 7.24. The number of nitrogens with zero attached hydrogens (tertiary/aromatic N) is 1. The van der Waals surface area contributed by atoms with Crippen molar-refractivity contribution in [2.24, 2.45) is 0 Å². The van der Waals surface area contributed by atoms with Gasteiger partial charge < -0.3 is 9.32 Å². The minimum atomic E-state index is -2.70. The van der Waals surface area contributed by atoms with Crippen LogP contribution in [0.4, 0.5) is 17.1 Å². The molecular weight excluding hydrogens is 779 g/mol. The second-order valence-corrected chi connectivity index (χ2v) is 22.6. The summed E-state index contributed by atoms with van der Waals surface area (Å²) >= 11 is 0. The Hall–Kier alpha value is -7.20. The summed E-state index contributed by atoms with van der Waals surface area (Å²) in [6.07, 6.45) is 0. The van der Waals surface area contributed by atoms with E-state index in [1.54, 1.807) is 0 Å². The first-order chi connectivity index (χ1) is 30.8. The molecule has 0 N–H and O–H groups in total. The van der Waals surface area contributed by atoms with Crippen LogP contribution in [0.3, 0.4) is 0 Å². The van der Waals surface area contributed by atoms with E-state index in [-0.39, 0.29) is 5.41 Å². The van der Waals surface area contributed by atoms with E-state index in [1.165, 1.54) is 105 Å². The molecule has 1 aliphatic carbocycles. The van der Waals surface area contributed by atoms with Gasteiger partial charge in [0.2, 0.25) is 0 Å². The predicted molar refractivity (Wildman–Crippen MR) is 263 cm³/mol. The Bertz CT molecular complexity index is 3540. The zero-order chi connectivity index (χ0) is 42.0. The normalized spacial score (nSPS) is 16.0. The average molecular weight is 822 g/mol. The number of fused-ring (bicyclic) bond motifs is 21. The Morgan fingerprint density at radius 3 is 1.60 bits per heavy atom. The Morgan fingerprint density at radius 1 is 0.397 bits per heavy atom. The molecule has 0 radical (unpaired) electrons. The molecule has 10 aromatic rings. The van der Waals surface area contributed by atoms with Crippen LogP contribution in [0.15, 0.2) is 192 Å². The molecule has 2 nitrogen and oxygen atoms in total. The van der Waals surface area contributed by atoms with Gasteiger partial charge in [-0.2, -0.15) is 0 Å². The first-order valence-corrected chi connectivity index (χ1v) is 24.3. The van der Waals surface area contributed by atoms with Gasteiger partial charge in [0.05, 0.1) is 16.8 Å². The van der Waals surface area contributed by atoms with E-state index in [4.69, 9.17) is 4.42 Å². The lowest BCUT2D eigenvalue weighted by molar-refractivity contribution is 0.555. The molecule has 14 rings (SSSR count). The van der Waals surface area contributed by atoms with Crippen molar-refractivity contribution >= 4 is 67.8 Å². The molecule has 3 aliphatic heterocycles. The quantitative estimate of drug-likeness (QED) is 0.153. The summed E-state index contributed by atoms with van der Waals surface area (Å²) < 4.78 is 6.86. The van der Waals surface area contributed by atoms with Gasteiger partial charge in [-0.25, -0.2) is 0 Å². The fraction of sp³-hybridized carbons (Fsp3) is 0.100. The van der Waals surface area contributed by atoms with E-state index in [9.17, 15) is 0 Å². The molecule has 0 amide bonds. The second kappa shape index (κ2) is 12.0.